The zero-order valence-corrected chi connectivity index (χ0v) is 15.1. The van der Waals surface area contributed by atoms with Gasteiger partial charge < -0.3 is 10.4 Å². The molecule has 0 radical (unpaired) electrons. The highest BCUT2D eigenvalue weighted by Gasteiger charge is 2.40. The highest BCUT2D eigenvalue weighted by molar-refractivity contribution is 5.95. The Morgan fingerprint density at radius 1 is 1.15 bits per heavy atom. The SMILES string of the molecule is CCC(C)(CC)NC(=O)c1ccc(-n2ncc(C(=O)O)c2C(F)(F)F)cc1. The lowest BCUT2D eigenvalue weighted by Crippen LogP contribution is -2.44. The van der Waals surface area contributed by atoms with E-state index in [0.717, 1.165) is 12.8 Å². The first-order valence-electron chi connectivity index (χ1n) is 8.34. The third-order valence-corrected chi connectivity index (χ3v) is 4.62. The van der Waals surface area contributed by atoms with Crippen molar-refractivity contribution >= 4 is 11.9 Å². The largest absolute Gasteiger partial charge is 0.478 e. The fraction of sp³-hybridized carbons (Fsp3) is 0.389. The summed E-state index contributed by atoms with van der Waals surface area (Å²) in [6, 6.07) is 5.33. The maximum absolute atomic E-state index is 13.3. The van der Waals surface area contributed by atoms with Gasteiger partial charge in [0.15, 0.2) is 5.69 Å². The van der Waals surface area contributed by atoms with E-state index in [9.17, 15) is 22.8 Å². The number of carboxylic acid groups (broad SMARTS) is 1. The van der Waals surface area contributed by atoms with E-state index in [2.05, 4.69) is 10.4 Å². The molecule has 146 valence electrons. The van der Waals surface area contributed by atoms with Crippen LogP contribution in [0.1, 0.15) is 60.0 Å². The standard InChI is InChI=1S/C18H20F3N3O3/c1-4-17(3,5-2)23-15(25)11-6-8-12(9-7-11)24-14(18(19,20)21)13(10-22-24)16(26)27/h6-10H,4-5H2,1-3H3,(H,23,25)(H,26,27). The Balaban J connectivity index is 2.36. The summed E-state index contributed by atoms with van der Waals surface area (Å²) in [5, 5.41) is 15.4. The van der Waals surface area contributed by atoms with Gasteiger partial charge in [0.05, 0.1) is 11.9 Å². The maximum atomic E-state index is 13.3. The van der Waals surface area contributed by atoms with Gasteiger partial charge in [0, 0.05) is 11.1 Å². The Hall–Kier alpha value is -2.84. The molecule has 6 nitrogen and oxygen atoms in total. The van der Waals surface area contributed by atoms with Gasteiger partial charge in [-0.05, 0) is 44.0 Å². The first-order valence-corrected chi connectivity index (χ1v) is 8.34. The fourth-order valence-corrected chi connectivity index (χ4v) is 2.50. The van der Waals surface area contributed by atoms with E-state index in [1.165, 1.54) is 24.3 Å². The average Bonchev–Trinajstić information content (AvgIpc) is 3.07. The fourth-order valence-electron chi connectivity index (χ4n) is 2.50. The predicted octanol–water partition coefficient (Wildman–Crippen LogP) is 3.90. The van der Waals surface area contributed by atoms with Crippen molar-refractivity contribution in [3.63, 3.8) is 0 Å². The van der Waals surface area contributed by atoms with E-state index in [-0.39, 0.29) is 22.7 Å². The van der Waals surface area contributed by atoms with Crippen LogP contribution in [0.15, 0.2) is 30.5 Å². The number of amides is 1. The average molecular weight is 383 g/mol. The van der Waals surface area contributed by atoms with Crippen molar-refractivity contribution in [3.8, 4) is 5.69 Å². The summed E-state index contributed by atoms with van der Waals surface area (Å²) in [5.74, 6) is -2.06. The number of benzene rings is 1. The number of aromatic nitrogens is 2. The second kappa shape index (κ2) is 7.42. The number of carbonyl (C=O) groups excluding carboxylic acids is 1. The van der Waals surface area contributed by atoms with Crippen LogP contribution < -0.4 is 5.32 Å². The van der Waals surface area contributed by atoms with Gasteiger partial charge in [0.2, 0.25) is 0 Å². The molecule has 1 aromatic heterocycles. The summed E-state index contributed by atoms with van der Waals surface area (Å²) < 4.78 is 40.3. The van der Waals surface area contributed by atoms with Crippen LogP contribution in [0.4, 0.5) is 13.2 Å². The van der Waals surface area contributed by atoms with Gasteiger partial charge >= 0.3 is 12.1 Å². The van der Waals surface area contributed by atoms with Crippen LogP contribution in [-0.4, -0.2) is 32.3 Å². The van der Waals surface area contributed by atoms with Gasteiger partial charge in [-0.15, -0.1) is 0 Å². The molecule has 1 aromatic carbocycles. The van der Waals surface area contributed by atoms with Crippen LogP contribution in [-0.2, 0) is 6.18 Å². The number of nitrogens with zero attached hydrogens (tertiary/aromatic N) is 2. The van der Waals surface area contributed by atoms with Crippen molar-refractivity contribution in [2.75, 3.05) is 0 Å². The Morgan fingerprint density at radius 3 is 2.15 bits per heavy atom. The van der Waals surface area contributed by atoms with E-state index in [4.69, 9.17) is 5.11 Å². The lowest BCUT2D eigenvalue weighted by Gasteiger charge is -2.28. The molecule has 0 aliphatic rings. The van der Waals surface area contributed by atoms with Gasteiger partial charge in [-0.1, -0.05) is 13.8 Å². The smallest absolute Gasteiger partial charge is 0.434 e. The molecule has 0 saturated heterocycles. The van der Waals surface area contributed by atoms with Crippen LogP contribution in [0.2, 0.25) is 0 Å². The van der Waals surface area contributed by atoms with Crippen molar-refractivity contribution in [2.45, 2.75) is 45.3 Å². The van der Waals surface area contributed by atoms with E-state index >= 15 is 0 Å². The van der Waals surface area contributed by atoms with Gasteiger partial charge in [-0.3, -0.25) is 4.79 Å². The van der Waals surface area contributed by atoms with Crippen molar-refractivity contribution in [1.82, 2.24) is 15.1 Å². The zero-order chi connectivity index (χ0) is 20.4. The molecule has 0 unspecified atom stereocenters. The number of hydrogen-bond acceptors (Lipinski definition) is 3. The summed E-state index contributed by atoms with van der Waals surface area (Å²) in [6.45, 7) is 5.80. The Kier molecular flexibility index (Phi) is 5.62. The minimum atomic E-state index is -4.90. The molecular weight excluding hydrogens is 363 g/mol. The number of carbonyl (C=O) groups is 2. The Bertz CT molecular complexity index is 838. The number of nitrogens with one attached hydrogen (secondary N) is 1. The highest BCUT2D eigenvalue weighted by atomic mass is 19.4. The maximum Gasteiger partial charge on any atom is 0.434 e. The summed E-state index contributed by atoms with van der Waals surface area (Å²) in [5.41, 5.74) is -2.41. The monoisotopic (exact) mass is 383 g/mol. The van der Waals surface area contributed by atoms with Crippen LogP contribution in [0.5, 0.6) is 0 Å². The summed E-state index contributed by atoms with van der Waals surface area (Å²) in [6.07, 6.45) is -2.79. The van der Waals surface area contributed by atoms with Crippen LogP contribution in [0.25, 0.3) is 5.69 Å². The third-order valence-electron chi connectivity index (χ3n) is 4.62. The normalized spacial score (nSPS) is 12.1. The molecule has 0 saturated carbocycles. The van der Waals surface area contributed by atoms with E-state index in [0.29, 0.717) is 10.9 Å². The molecule has 9 heteroatoms. The molecule has 2 rings (SSSR count). The predicted molar refractivity (Wildman–Crippen MR) is 92.0 cm³/mol. The molecule has 0 spiro atoms. The molecule has 1 heterocycles. The van der Waals surface area contributed by atoms with Crippen molar-refractivity contribution in [2.24, 2.45) is 0 Å². The quantitative estimate of drug-likeness (QED) is 0.792. The Labute approximate surface area is 154 Å². The molecule has 1 amide bonds. The second-order valence-electron chi connectivity index (χ2n) is 6.39. The molecule has 0 atom stereocenters. The van der Waals surface area contributed by atoms with Gasteiger partial charge in [-0.2, -0.15) is 18.3 Å². The molecule has 0 bridgehead atoms. The topological polar surface area (TPSA) is 84.2 Å². The lowest BCUT2D eigenvalue weighted by molar-refractivity contribution is -0.143. The molecular formula is C18H20F3N3O3. The molecule has 0 aliphatic heterocycles. The van der Waals surface area contributed by atoms with Crippen molar-refractivity contribution < 1.29 is 27.9 Å². The van der Waals surface area contributed by atoms with Gasteiger partial charge in [0.25, 0.3) is 5.91 Å². The molecule has 0 fully saturated rings. The molecule has 0 aliphatic carbocycles. The lowest BCUT2D eigenvalue weighted by atomic mass is 9.95. The first kappa shape index (κ1) is 20.5. The van der Waals surface area contributed by atoms with Crippen LogP contribution in [0, 0.1) is 0 Å². The second-order valence-corrected chi connectivity index (χ2v) is 6.39. The number of alkyl halides is 3. The zero-order valence-electron chi connectivity index (χ0n) is 15.1. The molecule has 27 heavy (non-hydrogen) atoms. The minimum Gasteiger partial charge on any atom is -0.478 e. The van der Waals surface area contributed by atoms with Gasteiger partial charge in [-0.25, -0.2) is 9.48 Å². The first-order chi connectivity index (χ1) is 12.5. The van der Waals surface area contributed by atoms with Crippen LogP contribution >= 0.6 is 0 Å². The van der Waals surface area contributed by atoms with E-state index < -0.39 is 23.4 Å². The minimum absolute atomic E-state index is 0.000111. The number of rotatable bonds is 6. The van der Waals surface area contributed by atoms with Crippen molar-refractivity contribution in [3.05, 3.63) is 47.3 Å². The number of carboxylic acids is 1. The third kappa shape index (κ3) is 4.29. The molecule has 2 N–H and O–H groups in total. The van der Waals surface area contributed by atoms with Crippen LogP contribution in [0.3, 0.4) is 0 Å². The summed E-state index contributed by atoms with van der Waals surface area (Å²) in [4.78, 5) is 23.4. The van der Waals surface area contributed by atoms with E-state index in [1.807, 2.05) is 20.8 Å². The molecule has 2 aromatic rings. The number of aromatic carboxylic acids is 1. The summed E-state index contributed by atoms with van der Waals surface area (Å²) >= 11 is 0. The van der Waals surface area contributed by atoms with Gasteiger partial charge in [0.1, 0.15) is 5.56 Å². The highest BCUT2D eigenvalue weighted by Crippen LogP contribution is 2.33. The van der Waals surface area contributed by atoms with E-state index in [1.54, 1.807) is 0 Å². The Morgan fingerprint density at radius 2 is 1.70 bits per heavy atom. The number of hydrogen-bond donors (Lipinski definition) is 2. The number of halogens is 3. The van der Waals surface area contributed by atoms with Crippen molar-refractivity contribution in [1.29, 1.82) is 0 Å². The summed E-state index contributed by atoms with van der Waals surface area (Å²) in [7, 11) is 0.